The van der Waals surface area contributed by atoms with Crippen LogP contribution in [-0.2, 0) is 4.74 Å². The number of aromatic nitrogens is 5. The number of pyridine rings is 1. The molecule has 0 radical (unpaired) electrons. The summed E-state index contributed by atoms with van der Waals surface area (Å²) in [6.45, 7) is 9.77. The molecule has 5 rings (SSSR count). The second-order valence-electron chi connectivity index (χ2n) is 10.8. The lowest BCUT2D eigenvalue weighted by atomic mass is 9.98. The van der Waals surface area contributed by atoms with Crippen molar-refractivity contribution in [1.82, 2.24) is 29.9 Å². The molecular formula is C29H31N7O2. The Balaban J connectivity index is 1.58. The van der Waals surface area contributed by atoms with Crippen molar-refractivity contribution < 1.29 is 9.53 Å². The normalized spacial score (nSPS) is 12.0. The SMILES string of the molecule is CC(C)(CNC(=O)OC(C)(C)C)Nc1nc(-c2ccncc2)c(-c2ccc3ccccc3c2)c2nncn12. The summed E-state index contributed by atoms with van der Waals surface area (Å²) < 4.78 is 7.23. The van der Waals surface area contributed by atoms with E-state index < -0.39 is 17.2 Å². The minimum Gasteiger partial charge on any atom is -0.444 e. The third kappa shape index (κ3) is 5.41. The van der Waals surface area contributed by atoms with Crippen molar-refractivity contribution in [2.24, 2.45) is 0 Å². The van der Waals surface area contributed by atoms with E-state index in [4.69, 9.17) is 9.72 Å². The number of nitrogens with zero attached hydrogens (tertiary/aromatic N) is 5. The van der Waals surface area contributed by atoms with Crippen LogP contribution in [0.3, 0.4) is 0 Å². The van der Waals surface area contributed by atoms with Gasteiger partial charge in [-0.05, 0) is 69.2 Å². The van der Waals surface area contributed by atoms with Crippen LogP contribution < -0.4 is 10.6 Å². The fourth-order valence-corrected chi connectivity index (χ4v) is 4.25. The Morgan fingerprint density at radius 3 is 2.42 bits per heavy atom. The van der Waals surface area contributed by atoms with Crippen LogP contribution in [0.4, 0.5) is 10.7 Å². The van der Waals surface area contributed by atoms with Crippen LogP contribution in [0, 0.1) is 0 Å². The lowest BCUT2D eigenvalue weighted by Gasteiger charge is -2.29. The van der Waals surface area contributed by atoms with Gasteiger partial charge in [0.05, 0.1) is 16.8 Å². The van der Waals surface area contributed by atoms with E-state index in [0.29, 0.717) is 18.1 Å². The Labute approximate surface area is 221 Å². The van der Waals surface area contributed by atoms with Crippen molar-refractivity contribution in [1.29, 1.82) is 0 Å². The topological polar surface area (TPSA) is 106 Å². The van der Waals surface area contributed by atoms with Gasteiger partial charge < -0.3 is 15.4 Å². The molecule has 2 aromatic carbocycles. The van der Waals surface area contributed by atoms with E-state index in [9.17, 15) is 4.79 Å². The zero-order valence-corrected chi connectivity index (χ0v) is 22.2. The summed E-state index contributed by atoms with van der Waals surface area (Å²) in [5.41, 5.74) is 3.04. The number of ether oxygens (including phenoxy) is 1. The van der Waals surface area contributed by atoms with E-state index in [-0.39, 0.29) is 0 Å². The van der Waals surface area contributed by atoms with Crippen LogP contribution in [0.15, 0.2) is 73.3 Å². The van der Waals surface area contributed by atoms with E-state index in [0.717, 1.165) is 33.2 Å². The summed E-state index contributed by atoms with van der Waals surface area (Å²) in [4.78, 5) is 21.5. The fourth-order valence-electron chi connectivity index (χ4n) is 4.25. The Morgan fingerprint density at radius 2 is 1.68 bits per heavy atom. The van der Waals surface area contributed by atoms with Gasteiger partial charge in [0.15, 0.2) is 5.65 Å². The molecular weight excluding hydrogens is 478 g/mol. The molecule has 0 bridgehead atoms. The molecule has 194 valence electrons. The van der Waals surface area contributed by atoms with Crippen LogP contribution in [0.2, 0.25) is 0 Å². The fraction of sp³-hybridized carbons (Fsp3) is 0.276. The van der Waals surface area contributed by atoms with Crippen LogP contribution >= 0.6 is 0 Å². The highest BCUT2D eigenvalue weighted by Gasteiger charge is 2.25. The third-order valence-electron chi connectivity index (χ3n) is 5.97. The van der Waals surface area contributed by atoms with Crippen molar-refractivity contribution >= 4 is 28.5 Å². The molecule has 2 N–H and O–H groups in total. The maximum absolute atomic E-state index is 12.3. The number of benzene rings is 2. The second kappa shape index (κ2) is 9.74. The van der Waals surface area contributed by atoms with Gasteiger partial charge in [-0.15, -0.1) is 10.2 Å². The summed E-state index contributed by atoms with van der Waals surface area (Å²) in [5.74, 6) is 0.553. The van der Waals surface area contributed by atoms with Gasteiger partial charge in [-0.25, -0.2) is 9.78 Å². The van der Waals surface area contributed by atoms with Gasteiger partial charge in [0.25, 0.3) is 0 Å². The van der Waals surface area contributed by atoms with Gasteiger partial charge in [0.2, 0.25) is 5.95 Å². The first-order valence-corrected chi connectivity index (χ1v) is 12.5. The number of alkyl carbamates (subject to hydrolysis) is 1. The largest absolute Gasteiger partial charge is 0.444 e. The van der Waals surface area contributed by atoms with Gasteiger partial charge in [0, 0.05) is 24.5 Å². The van der Waals surface area contributed by atoms with Gasteiger partial charge >= 0.3 is 6.09 Å². The van der Waals surface area contributed by atoms with Gasteiger partial charge in [0.1, 0.15) is 11.9 Å². The lowest BCUT2D eigenvalue weighted by Crippen LogP contribution is -2.46. The third-order valence-corrected chi connectivity index (χ3v) is 5.97. The summed E-state index contributed by atoms with van der Waals surface area (Å²) in [6.07, 6.45) is 4.66. The number of hydrogen-bond donors (Lipinski definition) is 2. The Hall–Kier alpha value is -4.53. The molecule has 0 saturated heterocycles. The highest BCUT2D eigenvalue weighted by Crippen LogP contribution is 2.36. The molecule has 0 fully saturated rings. The lowest BCUT2D eigenvalue weighted by molar-refractivity contribution is 0.0519. The molecule has 0 unspecified atom stereocenters. The van der Waals surface area contributed by atoms with Crippen molar-refractivity contribution in [2.75, 3.05) is 11.9 Å². The predicted molar refractivity (Wildman–Crippen MR) is 149 cm³/mol. The van der Waals surface area contributed by atoms with Gasteiger partial charge in [-0.2, -0.15) is 0 Å². The van der Waals surface area contributed by atoms with Crippen molar-refractivity contribution in [3.05, 3.63) is 73.3 Å². The zero-order chi connectivity index (χ0) is 26.9. The van der Waals surface area contributed by atoms with Crippen LogP contribution in [0.25, 0.3) is 38.8 Å². The molecule has 0 aliphatic carbocycles. The highest BCUT2D eigenvalue weighted by atomic mass is 16.6. The molecule has 0 aliphatic rings. The average molecular weight is 510 g/mol. The molecule has 9 nitrogen and oxygen atoms in total. The van der Waals surface area contributed by atoms with Crippen molar-refractivity contribution in [3.63, 3.8) is 0 Å². The summed E-state index contributed by atoms with van der Waals surface area (Å²) in [6, 6.07) is 18.4. The first kappa shape index (κ1) is 25.1. The van der Waals surface area contributed by atoms with E-state index >= 15 is 0 Å². The summed E-state index contributed by atoms with van der Waals surface area (Å²) >= 11 is 0. The Morgan fingerprint density at radius 1 is 0.947 bits per heavy atom. The van der Waals surface area contributed by atoms with Crippen molar-refractivity contribution in [3.8, 4) is 22.4 Å². The number of rotatable bonds is 6. The molecule has 3 heterocycles. The number of hydrogen-bond acceptors (Lipinski definition) is 7. The van der Waals surface area contributed by atoms with Crippen molar-refractivity contribution in [2.45, 2.75) is 45.8 Å². The molecule has 38 heavy (non-hydrogen) atoms. The molecule has 9 heteroatoms. The van der Waals surface area contributed by atoms with E-state index in [2.05, 4.69) is 56.1 Å². The Kier molecular flexibility index (Phi) is 6.44. The van der Waals surface area contributed by atoms with E-state index in [1.54, 1.807) is 18.7 Å². The molecule has 0 atom stereocenters. The predicted octanol–water partition coefficient (Wildman–Crippen LogP) is 5.72. The number of nitrogens with one attached hydrogen (secondary N) is 2. The summed E-state index contributed by atoms with van der Waals surface area (Å²) in [5, 5.41) is 17.3. The number of fused-ring (bicyclic) bond motifs is 2. The minimum absolute atomic E-state index is 0.310. The van der Waals surface area contributed by atoms with Crippen LogP contribution in [0.1, 0.15) is 34.6 Å². The molecule has 5 aromatic rings. The molecule has 0 saturated carbocycles. The first-order chi connectivity index (χ1) is 18.1. The molecule has 0 spiro atoms. The maximum atomic E-state index is 12.3. The smallest absolute Gasteiger partial charge is 0.407 e. The van der Waals surface area contributed by atoms with E-state index in [1.807, 2.05) is 63.3 Å². The monoisotopic (exact) mass is 509 g/mol. The second-order valence-corrected chi connectivity index (χ2v) is 10.8. The van der Waals surface area contributed by atoms with Gasteiger partial charge in [-0.1, -0.05) is 36.4 Å². The van der Waals surface area contributed by atoms with Crippen LogP contribution in [0.5, 0.6) is 0 Å². The zero-order valence-electron chi connectivity index (χ0n) is 22.2. The van der Waals surface area contributed by atoms with Gasteiger partial charge in [-0.3, -0.25) is 9.38 Å². The minimum atomic E-state index is -0.574. The number of amides is 1. The number of carbonyl (C=O) groups excluding carboxylic acids is 1. The summed E-state index contributed by atoms with van der Waals surface area (Å²) in [7, 11) is 0. The number of anilines is 1. The number of carbonyl (C=O) groups is 1. The Bertz CT molecular complexity index is 1600. The highest BCUT2D eigenvalue weighted by molar-refractivity contribution is 5.95. The average Bonchev–Trinajstić information content (AvgIpc) is 3.37. The maximum Gasteiger partial charge on any atom is 0.407 e. The first-order valence-electron chi connectivity index (χ1n) is 12.5. The van der Waals surface area contributed by atoms with E-state index in [1.165, 1.54) is 0 Å². The molecule has 3 aromatic heterocycles. The van der Waals surface area contributed by atoms with Crippen LogP contribution in [-0.4, -0.2) is 48.3 Å². The molecule has 0 aliphatic heterocycles. The standard InChI is InChI=1S/C29H31N7O2/c1-28(2,3)38-27(37)31-17-29(4,5)34-26-33-24(20-12-14-30-15-13-20)23(25-35-32-18-36(25)26)22-11-10-19-8-6-7-9-21(19)16-22/h6-16,18H,17H2,1-5H3,(H,31,37)(H,33,34). The quantitative estimate of drug-likeness (QED) is 0.301. The molecule has 1 amide bonds.